The number of rotatable bonds is 43. The number of benzene rings is 2. The van der Waals surface area contributed by atoms with Crippen LogP contribution >= 0.6 is 0 Å². The molecule has 2 fully saturated rings. The number of amides is 8. The van der Waals surface area contributed by atoms with Crippen molar-refractivity contribution in [2.24, 2.45) is 53.1 Å². The van der Waals surface area contributed by atoms with Crippen LogP contribution in [0.1, 0.15) is 182 Å². The fourth-order valence-electron chi connectivity index (χ4n) is 13.8. The molecule has 2 unspecified atom stereocenters. The maximum Gasteiger partial charge on any atom is 0.326 e. The number of hydrogen-bond acceptors (Lipinski definition) is 14. The van der Waals surface area contributed by atoms with Gasteiger partial charge < -0.3 is 46.1 Å². The van der Waals surface area contributed by atoms with E-state index in [-0.39, 0.29) is 122 Å². The maximum absolute atomic E-state index is 15.0. The number of carbonyl (C=O) groups is 11. The number of carboxylic acids is 1. The van der Waals surface area contributed by atoms with Gasteiger partial charge in [0.1, 0.15) is 11.8 Å². The van der Waals surface area contributed by atoms with Gasteiger partial charge in [0.25, 0.3) is 0 Å². The Labute approximate surface area is 565 Å². The number of methoxy groups -OCH3 is 2. The van der Waals surface area contributed by atoms with E-state index < -0.39 is 89.9 Å². The highest BCUT2D eigenvalue weighted by Crippen LogP contribution is 2.32. The molecule has 8 amide bonds. The van der Waals surface area contributed by atoms with Crippen LogP contribution in [0.3, 0.4) is 0 Å². The lowest BCUT2D eigenvalue weighted by molar-refractivity contribution is -0.149. The predicted molar refractivity (Wildman–Crippen MR) is 364 cm³/mol. The molecule has 2 heterocycles. The van der Waals surface area contributed by atoms with E-state index in [9.17, 15) is 57.8 Å². The molecule has 2 aliphatic heterocycles. The van der Waals surface area contributed by atoms with Gasteiger partial charge in [0.15, 0.2) is 11.6 Å². The maximum atomic E-state index is 15.0. The van der Waals surface area contributed by atoms with Crippen LogP contribution in [0.15, 0.2) is 54.6 Å². The zero-order valence-electron chi connectivity index (χ0n) is 59.5. The van der Waals surface area contributed by atoms with Crippen molar-refractivity contribution >= 4 is 64.8 Å². The minimum Gasteiger partial charge on any atom is -0.480 e. The van der Waals surface area contributed by atoms with E-state index in [0.29, 0.717) is 71.0 Å². The van der Waals surface area contributed by atoms with E-state index in [1.54, 1.807) is 61.9 Å². The molecule has 95 heavy (non-hydrogen) atoms. The Balaban J connectivity index is 1.40. The van der Waals surface area contributed by atoms with Crippen LogP contribution < -0.4 is 21.7 Å². The second-order valence-corrected chi connectivity index (χ2v) is 27.9. The number of carboxylic acid groups (broad SMARTS) is 1. The summed E-state index contributed by atoms with van der Waals surface area (Å²) in [7, 11) is 6.65. The number of unbranched alkanes of at least 4 members (excludes halogenated alkanes) is 2. The van der Waals surface area contributed by atoms with E-state index >= 15 is 0 Å². The third kappa shape index (κ3) is 23.7. The highest BCUT2D eigenvalue weighted by Gasteiger charge is 2.44. The van der Waals surface area contributed by atoms with Crippen LogP contribution in [0, 0.1) is 47.3 Å². The molecule has 2 saturated heterocycles. The average molecular weight is 1330 g/mol. The number of aliphatic carboxylic acids is 1. The number of hydrogen-bond donors (Lipinski definition) is 5. The molecule has 22 heteroatoms. The van der Waals surface area contributed by atoms with Gasteiger partial charge in [0.05, 0.1) is 48.7 Å². The molecule has 2 aromatic carbocycles. The monoisotopic (exact) mass is 1330 g/mol. The van der Waals surface area contributed by atoms with Gasteiger partial charge in [-0.1, -0.05) is 144 Å². The van der Waals surface area contributed by atoms with Gasteiger partial charge in [-0.05, 0) is 92.4 Å². The van der Waals surface area contributed by atoms with Crippen molar-refractivity contribution in [2.45, 2.75) is 221 Å². The van der Waals surface area contributed by atoms with Crippen LogP contribution in [-0.4, -0.2) is 186 Å². The zero-order chi connectivity index (χ0) is 71.0. The number of nitrogens with two attached hydrogens (primary N) is 1. The summed E-state index contributed by atoms with van der Waals surface area (Å²) >= 11 is 0. The van der Waals surface area contributed by atoms with Crippen molar-refractivity contribution < 1.29 is 67.3 Å². The summed E-state index contributed by atoms with van der Waals surface area (Å²) in [5.41, 5.74) is 7.77. The van der Waals surface area contributed by atoms with Crippen LogP contribution in [0.2, 0.25) is 0 Å². The van der Waals surface area contributed by atoms with Crippen molar-refractivity contribution in [3.05, 3.63) is 71.3 Å². The Bertz CT molecular complexity index is 2870. The Morgan fingerprint density at radius 2 is 1.39 bits per heavy atom. The van der Waals surface area contributed by atoms with Gasteiger partial charge in [-0.2, -0.15) is 0 Å². The molecule has 2 aliphatic rings. The van der Waals surface area contributed by atoms with Crippen LogP contribution in [0.25, 0.3) is 0 Å². The fourth-order valence-corrected chi connectivity index (χ4v) is 13.8. The van der Waals surface area contributed by atoms with Crippen molar-refractivity contribution in [3.8, 4) is 0 Å². The topological polar surface area (TPSA) is 302 Å². The number of urea groups is 1. The van der Waals surface area contributed by atoms with Crippen molar-refractivity contribution in [2.75, 3.05) is 54.5 Å². The Morgan fingerprint density at radius 3 is 1.95 bits per heavy atom. The highest BCUT2D eigenvalue weighted by atomic mass is 16.5. The van der Waals surface area contributed by atoms with Gasteiger partial charge in [-0.25, -0.2) is 9.59 Å². The molecular formula is C73H114N8O14. The van der Waals surface area contributed by atoms with Gasteiger partial charge >= 0.3 is 12.0 Å². The number of primary amides is 1. The molecule has 0 spiro atoms. The molecule has 2 aromatic rings. The van der Waals surface area contributed by atoms with Crippen LogP contribution in [0.5, 0.6) is 0 Å². The van der Waals surface area contributed by atoms with Crippen LogP contribution in [0.4, 0.5) is 4.79 Å². The molecule has 4 rings (SSSR count). The Morgan fingerprint density at radius 1 is 0.747 bits per heavy atom. The summed E-state index contributed by atoms with van der Waals surface area (Å²) in [4.78, 5) is 155. The van der Waals surface area contributed by atoms with Gasteiger partial charge in [0, 0.05) is 103 Å². The zero-order valence-corrected chi connectivity index (χ0v) is 59.5. The van der Waals surface area contributed by atoms with Gasteiger partial charge in [-0.15, -0.1) is 0 Å². The first-order chi connectivity index (χ1) is 44.9. The third-order valence-corrected chi connectivity index (χ3v) is 19.8. The third-order valence-electron chi connectivity index (χ3n) is 19.8. The number of imide groups is 1. The molecule has 13 atom stereocenters. The quantitative estimate of drug-likeness (QED) is 0.0311. The molecule has 0 aromatic heterocycles. The fraction of sp³-hybridized carbons (Fsp3) is 0.685. The standard InChI is InChI=1S/C73H114N8O14/c1-16-47(8)65(61(94-14)43-63(85)80-37-24-29-59(80)67(95-15)50(11)68(87)77-58(72(91)92)40-52-25-19-17-20-26-52)79(13)71(90)56(45(4)5)42-60(83)64(46(6)7)78(12)38-34-51-30-32-53(33-31-51)49(10)66(86)57(28-23-35-75-73(74)93)76-69(88)55(44(2)3)41-54(82)27-21-18-22-36-81-62(84)39-48(9)70(81)89/h17,19-20,25-26,30-33,44-50,55-59,61,64-65,67H,16,18,21-24,27-29,34-43H2,1-15H3,(H,76,88)(H,77,87)(H,91,92)(H3,74,75,93)/t47-,48?,49?,50+,55-,56-,57-,58-,59-,61+,64-,65-,67+/m0/s1. The van der Waals surface area contributed by atoms with Crippen LogP contribution in [-0.2, 0) is 70.3 Å². The SMILES string of the molecule is CC[C@H](C)[C@@H]([C@@H](CC(=O)N1CCC[C@H]1[C@H](OC)[C@@H](C)C(=O)N[C@@H](Cc1ccccc1)C(=O)O)OC)N(C)C(=O)[C@@H](CC(=O)[C@H](C(C)C)N(C)CCc1ccc(C(C)C(=O)[C@H](CCCNC(N)=O)NC(=O)[C@@H](CC(=O)CCCCCN2C(=O)CC(C)C2=O)C(C)C)cc1)C(C)C. The Hall–Kier alpha value is -6.91. The number of carbonyl (C=O) groups excluding carboxylic acids is 10. The van der Waals surface area contributed by atoms with E-state index in [1.165, 1.54) is 19.1 Å². The first kappa shape index (κ1) is 80.5. The number of nitrogens with one attached hydrogen (secondary N) is 3. The number of nitrogens with zero attached hydrogens (tertiary/aromatic N) is 4. The minimum atomic E-state index is -1.17. The predicted octanol–water partition coefficient (Wildman–Crippen LogP) is 7.94. The van der Waals surface area contributed by atoms with Crippen molar-refractivity contribution in [3.63, 3.8) is 0 Å². The molecule has 6 N–H and O–H groups in total. The Kier molecular flexibility index (Phi) is 33.3. The molecule has 530 valence electrons. The van der Waals surface area contributed by atoms with E-state index in [2.05, 4.69) is 16.0 Å². The molecule has 0 aliphatic carbocycles. The number of likely N-dealkylation sites (tertiary alicyclic amines) is 2. The van der Waals surface area contributed by atoms with E-state index in [1.807, 2.05) is 97.7 Å². The van der Waals surface area contributed by atoms with Gasteiger partial charge in [-0.3, -0.25) is 53.0 Å². The van der Waals surface area contributed by atoms with Gasteiger partial charge in [0.2, 0.25) is 35.4 Å². The highest BCUT2D eigenvalue weighted by molar-refractivity contribution is 6.03. The first-order valence-corrected chi connectivity index (χ1v) is 34.6. The summed E-state index contributed by atoms with van der Waals surface area (Å²) < 4.78 is 12.1. The second-order valence-electron chi connectivity index (χ2n) is 27.9. The molecular weight excluding hydrogens is 1210 g/mol. The largest absolute Gasteiger partial charge is 0.480 e. The summed E-state index contributed by atoms with van der Waals surface area (Å²) in [5.74, 6) is -7.02. The smallest absolute Gasteiger partial charge is 0.326 e. The summed E-state index contributed by atoms with van der Waals surface area (Å²) in [6.45, 7) is 22.2. The summed E-state index contributed by atoms with van der Waals surface area (Å²) in [6, 6.07) is 12.4. The molecule has 0 bridgehead atoms. The van der Waals surface area contributed by atoms with E-state index in [4.69, 9.17) is 15.2 Å². The molecule has 22 nitrogen and oxygen atoms in total. The minimum absolute atomic E-state index is 0.00712. The lowest BCUT2D eigenvalue weighted by Gasteiger charge is -2.41. The first-order valence-electron chi connectivity index (χ1n) is 34.6. The van der Waals surface area contributed by atoms with Crippen molar-refractivity contribution in [1.82, 2.24) is 35.6 Å². The second kappa shape index (κ2) is 39.3. The van der Waals surface area contributed by atoms with Crippen molar-refractivity contribution in [1.29, 1.82) is 0 Å². The number of ketones is 3. The number of likely N-dealkylation sites (N-methyl/N-ethyl adjacent to an activating group) is 2. The number of ether oxygens (including phenoxy) is 2. The molecule has 0 radical (unpaired) electrons. The molecule has 0 saturated carbocycles. The summed E-state index contributed by atoms with van der Waals surface area (Å²) in [6.07, 6.45) is 3.81. The van der Waals surface area contributed by atoms with E-state index in [0.717, 1.165) is 16.7 Å². The normalized spacial score (nSPS) is 18.6. The number of Topliss-reactive ketones (excluding diaryl/α,β-unsaturated/α-hetero) is 3. The lowest BCUT2D eigenvalue weighted by atomic mass is 9.83. The summed E-state index contributed by atoms with van der Waals surface area (Å²) in [5, 5.41) is 18.2. The average Bonchev–Trinajstić information content (AvgIpc) is 1.80. The lowest BCUT2D eigenvalue weighted by Crippen LogP contribution is -2.55.